The van der Waals surface area contributed by atoms with Crippen molar-refractivity contribution < 1.29 is 19.0 Å². The van der Waals surface area contributed by atoms with E-state index in [1.54, 1.807) is 12.3 Å². The summed E-state index contributed by atoms with van der Waals surface area (Å²) in [5, 5.41) is 5.60. The van der Waals surface area contributed by atoms with Crippen LogP contribution in [-0.2, 0) is 4.74 Å². The van der Waals surface area contributed by atoms with E-state index in [-0.39, 0.29) is 12.8 Å². The van der Waals surface area contributed by atoms with Crippen molar-refractivity contribution in [3.63, 3.8) is 0 Å². The number of carbonyl (C=O) groups excluding carboxylic acids is 1. The minimum Gasteiger partial charge on any atom is -0.462 e. The van der Waals surface area contributed by atoms with E-state index in [4.69, 9.17) is 14.2 Å². The smallest absolute Gasteiger partial charge is 0.339 e. The molecular weight excluding hydrogens is 330 g/mol. The standard InChI is InChI=1S/C16H13N3O4S/c1-2-21-16(20)10-6-24-15-13(10)14(17-7-18-15)19-9-3-4-11-12(5-9)23-8-22-11/h3-7H,2,8H2,1H3,(H,17,18,19). The second kappa shape index (κ2) is 5.97. The number of rotatable bonds is 4. The highest BCUT2D eigenvalue weighted by atomic mass is 32.1. The quantitative estimate of drug-likeness (QED) is 0.727. The maximum Gasteiger partial charge on any atom is 0.339 e. The topological polar surface area (TPSA) is 82.6 Å². The molecule has 0 radical (unpaired) electrons. The van der Waals surface area contributed by atoms with Crippen molar-refractivity contribution in [2.75, 3.05) is 18.7 Å². The molecule has 0 aliphatic carbocycles. The fourth-order valence-electron chi connectivity index (χ4n) is 2.44. The maximum atomic E-state index is 12.1. The van der Waals surface area contributed by atoms with E-state index in [9.17, 15) is 4.79 Å². The summed E-state index contributed by atoms with van der Waals surface area (Å²) in [5.41, 5.74) is 1.24. The first-order chi connectivity index (χ1) is 11.8. The molecule has 1 aromatic carbocycles. The number of thiophene rings is 1. The van der Waals surface area contributed by atoms with Gasteiger partial charge in [0.15, 0.2) is 11.5 Å². The normalized spacial score (nSPS) is 12.4. The Morgan fingerprint density at radius 1 is 1.33 bits per heavy atom. The third-order valence-corrected chi connectivity index (χ3v) is 4.39. The van der Waals surface area contributed by atoms with Gasteiger partial charge in [-0.3, -0.25) is 0 Å². The Hall–Kier alpha value is -2.87. The number of nitrogens with one attached hydrogen (secondary N) is 1. The molecule has 0 amide bonds. The minimum absolute atomic E-state index is 0.216. The van der Waals surface area contributed by atoms with Crippen LogP contribution < -0.4 is 14.8 Å². The molecule has 0 bridgehead atoms. The number of ether oxygens (including phenoxy) is 3. The van der Waals surface area contributed by atoms with Gasteiger partial charge in [-0.2, -0.15) is 0 Å². The first-order valence-corrected chi connectivity index (χ1v) is 8.20. The van der Waals surface area contributed by atoms with Crippen LogP contribution in [-0.4, -0.2) is 29.3 Å². The molecule has 8 heteroatoms. The van der Waals surface area contributed by atoms with Crippen LogP contribution in [0.5, 0.6) is 11.5 Å². The summed E-state index contributed by atoms with van der Waals surface area (Å²) in [6, 6.07) is 5.51. The van der Waals surface area contributed by atoms with E-state index in [2.05, 4.69) is 15.3 Å². The van der Waals surface area contributed by atoms with Crippen molar-refractivity contribution in [2.24, 2.45) is 0 Å². The molecule has 0 saturated heterocycles. The lowest BCUT2D eigenvalue weighted by Crippen LogP contribution is -2.05. The van der Waals surface area contributed by atoms with E-state index in [1.165, 1.54) is 17.7 Å². The van der Waals surface area contributed by atoms with Gasteiger partial charge in [0.1, 0.15) is 17.0 Å². The molecule has 4 rings (SSSR count). The zero-order valence-electron chi connectivity index (χ0n) is 12.7. The lowest BCUT2D eigenvalue weighted by Gasteiger charge is -2.08. The zero-order valence-corrected chi connectivity index (χ0v) is 13.6. The highest BCUT2D eigenvalue weighted by molar-refractivity contribution is 7.17. The molecule has 3 aromatic rings. The van der Waals surface area contributed by atoms with Gasteiger partial charge in [-0.15, -0.1) is 11.3 Å². The minimum atomic E-state index is -0.382. The first-order valence-electron chi connectivity index (χ1n) is 7.32. The summed E-state index contributed by atoms with van der Waals surface area (Å²) in [7, 11) is 0. The van der Waals surface area contributed by atoms with Gasteiger partial charge in [-0.05, 0) is 19.1 Å². The monoisotopic (exact) mass is 343 g/mol. The van der Waals surface area contributed by atoms with Gasteiger partial charge < -0.3 is 19.5 Å². The van der Waals surface area contributed by atoms with Gasteiger partial charge >= 0.3 is 5.97 Å². The fourth-order valence-corrected chi connectivity index (χ4v) is 3.32. The van der Waals surface area contributed by atoms with Crippen LogP contribution in [0.25, 0.3) is 10.2 Å². The van der Waals surface area contributed by atoms with Crippen molar-refractivity contribution in [3.05, 3.63) is 35.5 Å². The van der Waals surface area contributed by atoms with Crippen molar-refractivity contribution in [1.82, 2.24) is 9.97 Å². The predicted molar refractivity (Wildman–Crippen MR) is 89.2 cm³/mol. The van der Waals surface area contributed by atoms with Crippen molar-refractivity contribution in [2.45, 2.75) is 6.92 Å². The van der Waals surface area contributed by atoms with Gasteiger partial charge in [0.2, 0.25) is 6.79 Å². The van der Waals surface area contributed by atoms with E-state index >= 15 is 0 Å². The largest absolute Gasteiger partial charge is 0.462 e. The van der Waals surface area contributed by atoms with E-state index in [0.29, 0.717) is 34.9 Å². The lowest BCUT2D eigenvalue weighted by molar-refractivity contribution is 0.0529. The highest BCUT2D eigenvalue weighted by Gasteiger charge is 2.19. The molecular formula is C16H13N3O4S. The Bertz CT molecular complexity index is 925. The van der Waals surface area contributed by atoms with Crippen LogP contribution in [0.15, 0.2) is 29.9 Å². The maximum absolute atomic E-state index is 12.1. The average Bonchev–Trinajstić information content (AvgIpc) is 3.21. The van der Waals surface area contributed by atoms with E-state index < -0.39 is 0 Å². The number of fused-ring (bicyclic) bond motifs is 2. The van der Waals surface area contributed by atoms with Crippen molar-refractivity contribution >= 4 is 39.0 Å². The van der Waals surface area contributed by atoms with Crippen LogP contribution in [0.1, 0.15) is 17.3 Å². The molecule has 1 aliphatic rings. The lowest BCUT2D eigenvalue weighted by atomic mass is 10.2. The summed E-state index contributed by atoms with van der Waals surface area (Å²) < 4.78 is 15.8. The van der Waals surface area contributed by atoms with Gasteiger partial charge in [0, 0.05) is 17.1 Å². The Kier molecular flexibility index (Phi) is 3.66. The molecule has 0 atom stereocenters. The van der Waals surface area contributed by atoms with Crippen molar-refractivity contribution in [1.29, 1.82) is 0 Å². The van der Waals surface area contributed by atoms with Gasteiger partial charge in [-0.1, -0.05) is 0 Å². The molecule has 2 aromatic heterocycles. The Morgan fingerprint density at radius 3 is 3.08 bits per heavy atom. The zero-order chi connectivity index (χ0) is 16.5. The number of hydrogen-bond donors (Lipinski definition) is 1. The number of nitrogens with zero attached hydrogens (tertiary/aromatic N) is 2. The number of anilines is 2. The molecule has 0 spiro atoms. The summed E-state index contributed by atoms with van der Waals surface area (Å²) >= 11 is 1.38. The highest BCUT2D eigenvalue weighted by Crippen LogP contribution is 2.36. The van der Waals surface area contributed by atoms with E-state index in [1.807, 2.05) is 18.2 Å². The van der Waals surface area contributed by atoms with Gasteiger partial charge in [-0.25, -0.2) is 14.8 Å². The number of aromatic nitrogens is 2. The van der Waals surface area contributed by atoms with Gasteiger partial charge in [0.25, 0.3) is 0 Å². The van der Waals surface area contributed by atoms with Crippen LogP contribution >= 0.6 is 11.3 Å². The predicted octanol–water partition coefficient (Wildman–Crippen LogP) is 3.34. The number of esters is 1. The first kappa shape index (κ1) is 14.7. The number of hydrogen-bond acceptors (Lipinski definition) is 8. The molecule has 122 valence electrons. The Labute approximate surface area is 141 Å². The molecule has 0 unspecified atom stereocenters. The molecule has 1 N–H and O–H groups in total. The molecule has 1 aliphatic heterocycles. The van der Waals surface area contributed by atoms with Crippen LogP contribution in [0.3, 0.4) is 0 Å². The summed E-state index contributed by atoms with van der Waals surface area (Å²) in [6.45, 7) is 2.30. The van der Waals surface area contributed by atoms with Crippen LogP contribution in [0.4, 0.5) is 11.5 Å². The van der Waals surface area contributed by atoms with E-state index in [0.717, 1.165) is 10.5 Å². The molecule has 7 nitrogen and oxygen atoms in total. The second-order valence-corrected chi connectivity index (χ2v) is 5.82. The summed E-state index contributed by atoms with van der Waals surface area (Å²) in [5.74, 6) is 1.54. The molecule has 24 heavy (non-hydrogen) atoms. The Morgan fingerprint density at radius 2 is 2.21 bits per heavy atom. The van der Waals surface area contributed by atoms with Crippen molar-refractivity contribution in [3.8, 4) is 11.5 Å². The fraction of sp³-hybridized carbons (Fsp3) is 0.188. The Balaban J connectivity index is 1.73. The third kappa shape index (κ3) is 2.50. The molecule has 0 saturated carbocycles. The van der Waals surface area contributed by atoms with Crippen LogP contribution in [0.2, 0.25) is 0 Å². The second-order valence-electron chi connectivity index (χ2n) is 4.97. The summed E-state index contributed by atoms with van der Waals surface area (Å²) in [6.07, 6.45) is 1.46. The number of carbonyl (C=O) groups is 1. The van der Waals surface area contributed by atoms with Gasteiger partial charge in [0.05, 0.1) is 17.6 Å². The SMILES string of the molecule is CCOC(=O)c1csc2ncnc(Nc3ccc4c(c3)OCO4)c12. The third-order valence-electron chi connectivity index (χ3n) is 3.50. The average molecular weight is 343 g/mol. The van der Waals surface area contributed by atoms with Crippen LogP contribution in [0, 0.1) is 0 Å². The summed E-state index contributed by atoms with van der Waals surface area (Å²) in [4.78, 5) is 21.4. The number of benzene rings is 1. The molecule has 0 fully saturated rings. The molecule has 3 heterocycles.